The third-order valence-electron chi connectivity index (χ3n) is 10.1. The van der Waals surface area contributed by atoms with E-state index < -0.39 is 32.5 Å². The van der Waals surface area contributed by atoms with Gasteiger partial charge >= 0.3 is 19.8 Å². The van der Waals surface area contributed by atoms with Crippen LogP contribution < -0.4 is 5.32 Å². The molecule has 0 aromatic rings. The van der Waals surface area contributed by atoms with Crippen molar-refractivity contribution < 1.29 is 37.6 Å². The maximum Gasteiger partial charge on any atom is 0.472 e. The van der Waals surface area contributed by atoms with E-state index in [2.05, 4.69) is 79.9 Å². The van der Waals surface area contributed by atoms with Gasteiger partial charge in [0.05, 0.1) is 13.2 Å². The fourth-order valence-electron chi connectivity index (χ4n) is 6.42. The van der Waals surface area contributed by atoms with Crippen LogP contribution in [0, 0.1) is 0 Å². The molecule has 348 valence electrons. The normalized spacial score (nSPS) is 13.7. The van der Waals surface area contributed by atoms with E-state index in [1.807, 2.05) is 0 Å². The summed E-state index contributed by atoms with van der Waals surface area (Å²) in [5.41, 5.74) is 0. The molecule has 0 aromatic carbocycles. The lowest BCUT2D eigenvalue weighted by atomic mass is 10.0. The van der Waals surface area contributed by atoms with Gasteiger partial charge in [0.2, 0.25) is 0 Å². The third-order valence-corrected chi connectivity index (χ3v) is 11.1. The molecule has 2 N–H and O–H groups in total. The summed E-state index contributed by atoms with van der Waals surface area (Å²) >= 11 is 0. The van der Waals surface area contributed by atoms with Crippen LogP contribution in [0.25, 0.3) is 0 Å². The minimum atomic E-state index is -4.37. The Balaban J connectivity index is 4.22. The zero-order valence-electron chi connectivity index (χ0n) is 38.6. The lowest BCUT2D eigenvalue weighted by Gasteiger charge is -2.20. The summed E-state index contributed by atoms with van der Waals surface area (Å²) in [7, 11) is -2.67. The van der Waals surface area contributed by atoms with Crippen molar-refractivity contribution in [2.75, 3.05) is 33.4 Å². The van der Waals surface area contributed by atoms with Gasteiger partial charge in [0.1, 0.15) is 6.61 Å². The number of nitrogens with one attached hydrogen (secondary N) is 1. The molecule has 0 bridgehead atoms. The number of allylic oxidation sites excluding steroid dienone is 10. The van der Waals surface area contributed by atoms with Crippen LogP contribution in [-0.4, -0.2) is 56.3 Å². The Bertz CT molecular complexity index is 1170. The topological polar surface area (TPSA) is 120 Å². The molecule has 0 heterocycles. The molecule has 2 unspecified atom stereocenters. The predicted molar refractivity (Wildman–Crippen MR) is 252 cm³/mol. The summed E-state index contributed by atoms with van der Waals surface area (Å²) in [6, 6.07) is 0. The van der Waals surface area contributed by atoms with Gasteiger partial charge in [0, 0.05) is 19.4 Å². The summed E-state index contributed by atoms with van der Waals surface area (Å²) in [5.74, 6) is -0.872. The SMILES string of the molecule is CCCCC/C=C\C/C=C\C/C=C\C/C=C\CCCC(=O)OCC(COP(=O)(O)OCCNC)OC(=O)CCCCCCCCCCCCC/C=C\CCCCCCCC. The lowest BCUT2D eigenvalue weighted by molar-refractivity contribution is -0.161. The molecule has 0 aliphatic heterocycles. The van der Waals surface area contributed by atoms with Crippen LogP contribution in [0.3, 0.4) is 0 Å². The fourth-order valence-corrected chi connectivity index (χ4v) is 7.17. The molecule has 0 amide bonds. The van der Waals surface area contributed by atoms with Crippen LogP contribution >= 0.6 is 7.82 Å². The molecule has 0 spiro atoms. The molecule has 0 saturated carbocycles. The smallest absolute Gasteiger partial charge is 0.462 e. The highest BCUT2D eigenvalue weighted by Gasteiger charge is 2.26. The molecule has 0 aromatic heterocycles. The minimum Gasteiger partial charge on any atom is -0.462 e. The number of likely N-dealkylation sites (N-methyl/N-ethyl adjacent to an activating group) is 1. The Morgan fingerprint density at radius 3 is 1.43 bits per heavy atom. The number of esters is 2. The van der Waals surface area contributed by atoms with E-state index in [0.717, 1.165) is 44.9 Å². The average Bonchev–Trinajstić information content (AvgIpc) is 3.23. The van der Waals surface area contributed by atoms with Crippen molar-refractivity contribution in [3.05, 3.63) is 60.8 Å². The number of ether oxygens (including phenoxy) is 2. The van der Waals surface area contributed by atoms with Crippen molar-refractivity contribution in [2.45, 2.75) is 213 Å². The molecule has 0 radical (unpaired) electrons. The van der Waals surface area contributed by atoms with E-state index in [4.69, 9.17) is 18.5 Å². The minimum absolute atomic E-state index is 0.0271. The number of hydrogen-bond donors (Lipinski definition) is 2. The van der Waals surface area contributed by atoms with Gasteiger partial charge in [-0.3, -0.25) is 18.6 Å². The summed E-state index contributed by atoms with van der Waals surface area (Å²) in [5, 5.41) is 2.82. The average molecular weight is 864 g/mol. The number of carbonyl (C=O) groups is 2. The van der Waals surface area contributed by atoms with E-state index in [1.165, 1.54) is 122 Å². The van der Waals surface area contributed by atoms with Crippen molar-refractivity contribution in [1.29, 1.82) is 0 Å². The first kappa shape index (κ1) is 57.7. The van der Waals surface area contributed by atoms with Crippen molar-refractivity contribution in [1.82, 2.24) is 5.32 Å². The Labute approximate surface area is 368 Å². The van der Waals surface area contributed by atoms with Gasteiger partial charge in [-0.15, -0.1) is 0 Å². The standard InChI is InChI=1S/C50H90NO8P/c1-4-6-8-10-12-14-16-18-20-22-23-24-25-27-29-31-33-35-37-39-41-43-50(53)59-48(47-58-60(54,55)57-45-44-51-3)46-56-49(52)42-40-38-36-34-32-30-28-26-21-19-17-15-13-11-9-7-5-2/h13,15,18-21,28,30,34,36,48,51H,4-12,14,16-17,22-27,29,31-33,35,37-47H2,1-3H3,(H,54,55)/b15-13-,20-18-,21-19-,30-28-,36-34-. The fraction of sp³-hybridized carbons (Fsp3) is 0.760. The van der Waals surface area contributed by atoms with E-state index in [1.54, 1.807) is 7.05 Å². The van der Waals surface area contributed by atoms with Crippen LogP contribution in [0.4, 0.5) is 0 Å². The van der Waals surface area contributed by atoms with Crippen LogP contribution in [0.1, 0.15) is 206 Å². The molecule has 0 aliphatic rings. The second kappa shape index (κ2) is 46.2. The monoisotopic (exact) mass is 864 g/mol. The molecular formula is C50H90NO8P. The third kappa shape index (κ3) is 45.2. The van der Waals surface area contributed by atoms with E-state index in [9.17, 15) is 19.0 Å². The maximum absolute atomic E-state index is 12.7. The molecule has 9 nitrogen and oxygen atoms in total. The van der Waals surface area contributed by atoms with Crippen LogP contribution in [0.15, 0.2) is 60.8 Å². The summed E-state index contributed by atoms with van der Waals surface area (Å²) in [6.07, 6.45) is 54.2. The Hall–Kier alpha value is -2.29. The quantitative estimate of drug-likeness (QED) is 0.0267. The van der Waals surface area contributed by atoms with Crippen LogP contribution in [0.2, 0.25) is 0 Å². The number of carbonyl (C=O) groups excluding carboxylic acids is 2. The first-order valence-corrected chi connectivity index (χ1v) is 25.7. The highest BCUT2D eigenvalue weighted by molar-refractivity contribution is 7.47. The van der Waals surface area contributed by atoms with Gasteiger partial charge in [0.15, 0.2) is 6.10 Å². The Morgan fingerprint density at radius 2 is 0.917 bits per heavy atom. The van der Waals surface area contributed by atoms with Crippen LogP contribution in [-0.2, 0) is 32.7 Å². The summed E-state index contributed by atoms with van der Waals surface area (Å²) in [6.45, 7) is 4.14. The van der Waals surface area contributed by atoms with E-state index in [0.29, 0.717) is 19.4 Å². The summed E-state index contributed by atoms with van der Waals surface area (Å²) < 4.78 is 33.2. The zero-order chi connectivity index (χ0) is 43.9. The number of rotatable bonds is 45. The molecule has 0 rings (SSSR count). The molecule has 10 heteroatoms. The van der Waals surface area contributed by atoms with Crippen molar-refractivity contribution in [2.24, 2.45) is 0 Å². The van der Waals surface area contributed by atoms with Gasteiger partial charge in [-0.05, 0) is 84.1 Å². The highest BCUT2D eigenvalue weighted by Crippen LogP contribution is 2.43. The first-order valence-electron chi connectivity index (χ1n) is 24.2. The number of unbranched alkanes of at least 4 members (excludes halogenated alkanes) is 21. The van der Waals surface area contributed by atoms with Crippen molar-refractivity contribution in [3.8, 4) is 0 Å². The molecule has 0 fully saturated rings. The lowest BCUT2D eigenvalue weighted by Crippen LogP contribution is -2.29. The van der Waals surface area contributed by atoms with E-state index >= 15 is 0 Å². The molecule has 2 atom stereocenters. The van der Waals surface area contributed by atoms with Gasteiger partial charge in [-0.1, -0.05) is 177 Å². The maximum atomic E-state index is 12.7. The van der Waals surface area contributed by atoms with E-state index in [-0.39, 0.29) is 26.1 Å². The number of phosphoric ester groups is 1. The van der Waals surface area contributed by atoms with Crippen LogP contribution in [0.5, 0.6) is 0 Å². The molecule has 60 heavy (non-hydrogen) atoms. The van der Waals surface area contributed by atoms with Gasteiger partial charge in [0.25, 0.3) is 0 Å². The summed E-state index contributed by atoms with van der Waals surface area (Å²) in [4.78, 5) is 35.1. The van der Waals surface area contributed by atoms with Gasteiger partial charge in [-0.2, -0.15) is 0 Å². The zero-order valence-corrected chi connectivity index (χ0v) is 39.5. The molecule has 0 saturated heterocycles. The van der Waals surface area contributed by atoms with Crippen molar-refractivity contribution >= 4 is 19.8 Å². The predicted octanol–water partition coefficient (Wildman–Crippen LogP) is 14.3. The van der Waals surface area contributed by atoms with Crippen molar-refractivity contribution in [3.63, 3.8) is 0 Å². The number of phosphoric acid groups is 1. The second-order valence-electron chi connectivity index (χ2n) is 15.9. The Kier molecular flexibility index (Phi) is 44.5. The number of hydrogen-bond acceptors (Lipinski definition) is 8. The largest absolute Gasteiger partial charge is 0.472 e. The second-order valence-corrected chi connectivity index (χ2v) is 17.4. The van der Waals surface area contributed by atoms with Gasteiger partial charge < -0.3 is 19.7 Å². The molecule has 0 aliphatic carbocycles. The molecular weight excluding hydrogens is 774 g/mol. The highest BCUT2D eigenvalue weighted by atomic mass is 31.2. The van der Waals surface area contributed by atoms with Gasteiger partial charge in [-0.25, -0.2) is 4.57 Å². The Morgan fingerprint density at radius 1 is 0.517 bits per heavy atom. The first-order chi connectivity index (χ1) is 29.3.